The summed E-state index contributed by atoms with van der Waals surface area (Å²) in [6.07, 6.45) is -6.71. The van der Waals surface area contributed by atoms with Gasteiger partial charge >= 0.3 is 17.9 Å². The van der Waals surface area contributed by atoms with E-state index >= 15 is 0 Å². The molecule has 40 heavy (non-hydrogen) atoms. The van der Waals surface area contributed by atoms with Crippen LogP contribution in [0.15, 0.2) is 91.0 Å². The first kappa shape index (κ1) is 28.9. The highest BCUT2D eigenvalue weighted by Crippen LogP contribution is 2.44. The molecule has 1 aliphatic heterocycles. The van der Waals surface area contributed by atoms with Crippen LogP contribution in [-0.4, -0.2) is 60.3 Å². The number of carbonyl (C=O) groups excluding carboxylic acids is 3. The Morgan fingerprint density at radius 1 is 0.675 bits per heavy atom. The number of rotatable bonds is 9. The van der Waals surface area contributed by atoms with Gasteiger partial charge in [0.2, 0.25) is 0 Å². The number of benzene rings is 3. The minimum atomic E-state index is -1.69. The second-order valence-corrected chi connectivity index (χ2v) is 9.38. The maximum absolute atomic E-state index is 12.3. The summed E-state index contributed by atoms with van der Waals surface area (Å²) in [4.78, 5) is 36.1. The van der Waals surface area contributed by atoms with Gasteiger partial charge in [-0.25, -0.2) is 0 Å². The van der Waals surface area contributed by atoms with Gasteiger partial charge in [0, 0.05) is 20.8 Å². The van der Waals surface area contributed by atoms with E-state index in [9.17, 15) is 19.5 Å². The van der Waals surface area contributed by atoms with E-state index in [1.807, 2.05) is 91.0 Å². The molecule has 1 heterocycles. The number of hydrogen-bond donors (Lipinski definition) is 1. The van der Waals surface area contributed by atoms with Gasteiger partial charge in [0.15, 0.2) is 18.5 Å². The molecule has 0 radical (unpaired) electrons. The zero-order valence-corrected chi connectivity index (χ0v) is 22.5. The maximum atomic E-state index is 12.3. The second-order valence-electron chi connectivity index (χ2n) is 9.38. The number of hydrogen-bond acceptors (Lipinski definition) is 9. The lowest BCUT2D eigenvalue weighted by atomic mass is 9.79. The Hall–Kier alpha value is -4.05. The average Bonchev–Trinajstić information content (AvgIpc) is 2.94. The number of esters is 3. The van der Waals surface area contributed by atoms with E-state index in [1.165, 1.54) is 20.8 Å². The van der Waals surface area contributed by atoms with Crippen molar-refractivity contribution in [1.29, 1.82) is 0 Å². The van der Waals surface area contributed by atoms with Crippen molar-refractivity contribution in [1.82, 2.24) is 0 Å². The van der Waals surface area contributed by atoms with Gasteiger partial charge < -0.3 is 28.8 Å². The van der Waals surface area contributed by atoms with E-state index < -0.39 is 54.2 Å². The Bertz CT molecular complexity index is 1180. The van der Waals surface area contributed by atoms with E-state index in [2.05, 4.69) is 0 Å². The highest BCUT2D eigenvalue weighted by Gasteiger charge is 2.54. The first-order valence-corrected chi connectivity index (χ1v) is 12.9. The molecule has 0 spiro atoms. The molecule has 0 aromatic heterocycles. The smallest absolute Gasteiger partial charge is 0.303 e. The SMILES string of the molecule is CC(=O)OC[C@H]1O[C@@H](O)[C@H](OC(C)=O)[C@@H](OC(C)=O)[C@H]1OC(c1ccccc1)(c1ccccc1)c1ccccc1. The van der Waals surface area contributed by atoms with Crippen LogP contribution in [0.1, 0.15) is 37.5 Å². The van der Waals surface area contributed by atoms with Crippen molar-refractivity contribution in [3.8, 4) is 0 Å². The van der Waals surface area contributed by atoms with Gasteiger partial charge in [-0.2, -0.15) is 0 Å². The van der Waals surface area contributed by atoms with Crippen LogP contribution >= 0.6 is 0 Å². The van der Waals surface area contributed by atoms with Crippen LogP contribution in [0.25, 0.3) is 0 Å². The molecule has 0 bridgehead atoms. The second kappa shape index (κ2) is 12.9. The van der Waals surface area contributed by atoms with Crippen LogP contribution in [-0.2, 0) is 43.7 Å². The lowest BCUT2D eigenvalue weighted by Crippen LogP contribution is -2.63. The van der Waals surface area contributed by atoms with Gasteiger partial charge in [0.1, 0.15) is 24.4 Å². The molecule has 3 aromatic rings. The summed E-state index contributed by atoms with van der Waals surface area (Å²) < 4.78 is 29.2. The van der Waals surface area contributed by atoms with Gasteiger partial charge in [0.05, 0.1) is 0 Å². The topological polar surface area (TPSA) is 118 Å². The van der Waals surface area contributed by atoms with Crippen LogP contribution in [0.5, 0.6) is 0 Å². The fraction of sp³-hybridized carbons (Fsp3) is 0.323. The fourth-order valence-electron chi connectivity index (χ4n) is 4.94. The number of aliphatic hydroxyl groups excluding tert-OH is 1. The van der Waals surface area contributed by atoms with Crippen molar-refractivity contribution in [3.63, 3.8) is 0 Å². The molecule has 0 saturated carbocycles. The third kappa shape index (κ3) is 6.39. The largest absolute Gasteiger partial charge is 0.463 e. The van der Waals surface area contributed by atoms with Gasteiger partial charge in [-0.15, -0.1) is 0 Å². The van der Waals surface area contributed by atoms with Crippen molar-refractivity contribution in [2.75, 3.05) is 6.61 Å². The highest BCUT2D eigenvalue weighted by molar-refractivity contribution is 5.67. The first-order valence-electron chi connectivity index (χ1n) is 12.9. The third-order valence-electron chi connectivity index (χ3n) is 6.52. The Kier molecular flexibility index (Phi) is 9.31. The lowest BCUT2D eigenvalue weighted by molar-refractivity contribution is -0.309. The molecule has 1 N–H and O–H groups in total. The van der Waals surface area contributed by atoms with E-state index in [0.29, 0.717) is 0 Å². The van der Waals surface area contributed by atoms with Crippen molar-refractivity contribution >= 4 is 17.9 Å². The predicted octanol–water partition coefficient (Wildman–Crippen LogP) is 3.51. The summed E-state index contributed by atoms with van der Waals surface area (Å²) in [5.41, 5.74) is 0.939. The molecule has 0 amide bonds. The predicted molar refractivity (Wildman–Crippen MR) is 143 cm³/mol. The Morgan fingerprint density at radius 2 is 1.10 bits per heavy atom. The number of carbonyl (C=O) groups is 3. The summed E-state index contributed by atoms with van der Waals surface area (Å²) in [6, 6.07) is 28.3. The maximum Gasteiger partial charge on any atom is 0.303 e. The Balaban J connectivity index is 1.95. The standard InChI is InChI=1S/C31H32O9/c1-20(32)36-19-26-27(28(37-21(2)33)29(30(35)39-26)38-22(3)34)40-31(23-13-7-4-8-14-23,24-15-9-5-10-16-24)25-17-11-6-12-18-25/h4-18,26-30,35H,19H2,1-3H3/t26-,27+,28+,29-,30-/m1/s1. The van der Waals surface area contributed by atoms with E-state index in [4.69, 9.17) is 23.7 Å². The molecule has 1 aliphatic rings. The van der Waals surface area contributed by atoms with Gasteiger partial charge in [-0.05, 0) is 16.7 Å². The van der Waals surface area contributed by atoms with Crippen molar-refractivity contribution < 1.29 is 43.2 Å². The van der Waals surface area contributed by atoms with Crippen molar-refractivity contribution in [3.05, 3.63) is 108 Å². The molecule has 1 fully saturated rings. The van der Waals surface area contributed by atoms with Crippen LogP contribution in [0.3, 0.4) is 0 Å². The van der Waals surface area contributed by atoms with Gasteiger partial charge in [0.25, 0.3) is 0 Å². The van der Waals surface area contributed by atoms with Crippen molar-refractivity contribution in [2.45, 2.75) is 57.1 Å². The van der Waals surface area contributed by atoms with Gasteiger partial charge in [-0.3, -0.25) is 14.4 Å². The number of aliphatic hydroxyl groups is 1. The average molecular weight is 549 g/mol. The molecule has 5 atom stereocenters. The molecule has 3 aromatic carbocycles. The molecule has 1 saturated heterocycles. The van der Waals surface area contributed by atoms with E-state index in [0.717, 1.165) is 16.7 Å². The molecule has 0 unspecified atom stereocenters. The zero-order chi connectivity index (χ0) is 28.7. The van der Waals surface area contributed by atoms with Crippen LogP contribution < -0.4 is 0 Å². The summed E-state index contributed by atoms with van der Waals surface area (Å²) in [6.45, 7) is 3.28. The van der Waals surface area contributed by atoms with E-state index in [1.54, 1.807) is 0 Å². The molecule has 0 aliphatic carbocycles. The highest BCUT2D eigenvalue weighted by atomic mass is 16.7. The minimum absolute atomic E-state index is 0.323. The Labute approximate surface area is 232 Å². The van der Waals surface area contributed by atoms with Crippen LogP contribution in [0.2, 0.25) is 0 Å². The monoisotopic (exact) mass is 548 g/mol. The minimum Gasteiger partial charge on any atom is -0.463 e. The molecule has 9 heteroatoms. The normalized spacial score (nSPS) is 22.6. The molecule has 210 valence electrons. The Morgan fingerprint density at radius 3 is 1.50 bits per heavy atom. The third-order valence-corrected chi connectivity index (χ3v) is 6.52. The summed E-state index contributed by atoms with van der Waals surface area (Å²) in [5, 5.41) is 10.8. The van der Waals surface area contributed by atoms with Gasteiger partial charge in [-0.1, -0.05) is 91.0 Å². The first-order chi connectivity index (χ1) is 19.2. The summed E-state index contributed by atoms with van der Waals surface area (Å²) in [7, 11) is 0. The van der Waals surface area contributed by atoms with E-state index in [-0.39, 0.29) is 6.61 Å². The molecular formula is C31H32O9. The fourth-order valence-corrected chi connectivity index (χ4v) is 4.94. The zero-order valence-electron chi connectivity index (χ0n) is 22.5. The lowest BCUT2D eigenvalue weighted by Gasteiger charge is -2.47. The summed E-state index contributed by atoms with van der Waals surface area (Å²) >= 11 is 0. The molecular weight excluding hydrogens is 516 g/mol. The van der Waals surface area contributed by atoms with Crippen LogP contribution in [0.4, 0.5) is 0 Å². The summed E-state index contributed by atoms with van der Waals surface area (Å²) in [5.74, 6) is -1.99. The molecule has 9 nitrogen and oxygen atoms in total. The molecule has 4 rings (SSSR count). The van der Waals surface area contributed by atoms with Crippen LogP contribution in [0, 0.1) is 0 Å². The van der Waals surface area contributed by atoms with Crippen molar-refractivity contribution in [2.24, 2.45) is 0 Å². The number of ether oxygens (including phenoxy) is 5. The quantitative estimate of drug-likeness (QED) is 0.244.